The van der Waals surface area contributed by atoms with Crippen LogP contribution in [0.2, 0.25) is 0 Å². The lowest BCUT2D eigenvalue weighted by Gasteiger charge is -1.98. The fourth-order valence-electron chi connectivity index (χ4n) is 1.44. The van der Waals surface area contributed by atoms with Gasteiger partial charge in [-0.15, -0.1) is 0 Å². The second-order valence-electron chi connectivity index (χ2n) is 3.69. The molecular formula is C15H13N. The third kappa shape index (κ3) is 2.43. The summed E-state index contributed by atoms with van der Waals surface area (Å²) in [6, 6.07) is 15.7. The Kier molecular flexibility index (Phi) is 2.93. The van der Waals surface area contributed by atoms with Crippen molar-refractivity contribution in [2.24, 2.45) is 0 Å². The predicted molar refractivity (Wildman–Crippen MR) is 68.0 cm³/mol. The Morgan fingerprint density at radius 2 is 1.69 bits per heavy atom. The normalized spacial score (nSPS) is 9.31. The summed E-state index contributed by atoms with van der Waals surface area (Å²) in [5, 5.41) is 0. The summed E-state index contributed by atoms with van der Waals surface area (Å²) in [6.07, 6.45) is 0. The average Bonchev–Trinajstić information content (AvgIpc) is 2.32. The fraction of sp³-hybridized carbons (Fsp3) is 0.0667. The fourth-order valence-corrected chi connectivity index (χ4v) is 1.44. The molecule has 0 aliphatic rings. The third-order valence-corrected chi connectivity index (χ3v) is 2.38. The van der Waals surface area contributed by atoms with Crippen LogP contribution in [0.1, 0.15) is 16.7 Å². The van der Waals surface area contributed by atoms with E-state index in [1.807, 2.05) is 55.5 Å². The predicted octanol–water partition coefficient (Wildman–Crippen LogP) is 2.98. The Morgan fingerprint density at radius 1 is 0.938 bits per heavy atom. The Labute approximate surface area is 95.9 Å². The van der Waals surface area contributed by atoms with Gasteiger partial charge in [0.25, 0.3) is 0 Å². The maximum Gasteiger partial charge on any atom is 0.0326 e. The van der Waals surface area contributed by atoms with Gasteiger partial charge in [0.1, 0.15) is 0 Å². The highest BCUT2D eigenvalue weighted by atomic mass is 14.5. The van der Waals surface area contributed by atoms with Crippen LogP contribution in [0.25, 0.3) is 0 Å². The quantitative estimate of drug-likeness (QED) is 0.521. The molecule has 1 nitrogen and oxygen atoms in total. The van der Waals surface area contributed by atoms with Gasteiger partial charge in [0.2, 0.25) is 0 Å². The molecule has 0 spiro atoms. The number of nitrogen functional groups attached to an aromatic ring is 1. The zero-order chi connectivity index (χ0) is 11.4. The molecule has 2 aromatic rings. The van der Waals surface area contributed by atoms with Crippen molar-refractivity contribution in [1.29, 1.82) is 0 Å². The summed E-state index contributed by atoms with van der Waals surface area (Å²) in [5.41, 5.74) is 9.64. The minimum atomic E-state index is 0.753. The van der Waals surface area contributed by atoms with E-state index in [-0.39, 0.29) is 0 Å². The molecule has 0 radical (unpaired) electrons. The van der Waals surface area contributed by atoms with Crippen LogP contribution in [0.15, 0.2) is 48.5 Å². The van der Waals surface area contributed by atoms with Gasteiger partial charge < -0.3 is 5.73 Å². The molecule has 0 bridgehead atoms. The maximum atomic E-state index is 5.73. The van der Waals surface area contributed by atoms with Crippen molar-refractivity contribution in [3.05, 3.63) is 65.2 Å². The summed E-state index contributed by atoms with van der Waals surface area (Å²) in [6.45, 7) is 2.04. The molecule has 0 atom stereocenters. The van der Waals surface area contributed by atoms with Crippen LogP contribution in [0.3, 0.4) is 0 Å². The largest absolute Gasteiger partial charge is 0.399 e. The van der Waals surface area contributed by atoms with E-state index in [0.29, 0.717) is 0 Å². The lowest BCUT2D eigenvalue weighted by atomic mass is 10.1. The van der Waals surface area contributed by atoms with Crippen LogP contribution in [0.4, 0.5) is 5.69 Å². The molecule has 0 fully saturated rings. The standard InChI is InChI=1S/C15H13N/c1-12-7-10-15(16)11-14(12)9-8-13-5-3-2-4-6-13/h2-7,10-11H,16H2,1H3. The molecular weight excluding hydrogens is 194 g/mol. The second kappa shape index (κ2) is 4.55. The van der Waals surface area contributed by atoms with Crippen LogP contribution < -0.4 is 5.73 Å². The van der Waals surface area contributed by atoms with Gasteiger partial charge in [0.05, 0.1) is 0 Å². The van der Waals surface area contributed by atoms with Gasteiger partial charge in [-0.05, 0) is 36.8 Å². The van der Waals surface area contributed by atoms with Crippen LogP contribution in [0.5, 0.6) is 0 Å². The topological polar surface area (TPSA) is 26.0 Å². The first-order valence-corrected chi connectivity index (χ1v) is 5.19. The van der Waals surface area contributed by atoms with Gasteiger partial charge in [0, 0.05) is 16.8 Å². The zero-order valence-electron chi connectivity index (χ0n) is 9.20. The molecule has 0 aliphatic heterocycles. The van der Waals surface area contributed by atoms with Crippen LogP contribution in [-0.2, 0) is 0 Å². The summed E-state index contributed by atoms with van der Waals surface area (Å²) in [4.78, 5) is 0. The number of aryl methyl sites for hydroxylation is 1. The summed E-state index contributed by atoms with van der Waals surface area (Å²) in [7, 11) is 0. The molecule has 78 valence electrons. The van der Waals surface area contributed by atoms with Crippen molar-refractivity contribution in [2.75, 3.05) is 5.73 Å². The minimum Gasteiger partial charge on any atom is -0.399 e. The van der Waals surface area contributed by atoms with Crippen LogP contribution in [-0.4, -0.2) is 0 Å². The number of nitrogens with two attached hydrogens (primary N) is 1. The first-order valence-electron chi connectivity index (χ1n) is 5.19. The molecule has 0 aliphatic carbocycles. The van der Waals surface area contributed by atoms with Gasteiger partial charge in [-0.2, -0.15) is 0 Å². The van der Waals surface area contributed by atoms with Crippen molar-refractivity contribution in [1.82, 2.24) is 0 Å². The average molecular weight is 207 g/mol. The van der Waals surface area contributed by atoms with Crippen molar-refractivity contribution in [3.8, 4) is 11.8 Å². The van der Waals surface area contributed by atoms with Crippen molar-refractivity contribution >= 4 is 5.69 Å². The summed E-state index contributed by atoms with van der Waals surface area (Å²) >= 11 is 0. The molecule has 1 heteroatoms. The number of hydrogen-bond acceptors (Lipinski definition) is 1. The van der Waals surface area contributed by atoms with E-state index in [1.54, 1.807) is 0 Å². The molecule has 2 rings (SSSR count). The van der Waals surface area contributed by atoms with E-state index in [2.05, 4.69) is 11.8 Å². The lowest BCUT2D eigenvalue weighted by molar-refractivity contribution is 1.44. The molecule has 2 aromatic carbocycles. The molecule has 0 amide bonds. The number of benzene rings is 2. The molecule has 0 heterocycles. The lowest BCUT2D eigenvalue weighted by Crippen LogP contribution is -1.88. The number of anilines is 1. The molecule has 16 heavy (non-hydrogen) atoms. The van der Waals surface area contributed by atoms with Gasteiger partial charge in [0.15, 0.2) is 0 Å². The first kappa shape index (κ1) is 10.3. The van der Waals surface area contributed by atoms with E-state index in [1.165, 1.54) is 0 Å². The Hall–Kier alpha value is -2.20. The van der Waals surface area contributed by atoms with E-state index in [0.717, 1.165) is 22.4 Å². The molecule has 0 saturated carbocycles. The third-order valence-electron chi connectivity index (χ3n) is 2.38. The van der Waals surface area contributed by atoms with E-state index in [4.69, 9.17) is 5.73 Å². The molecule has 2 N–H and O–H groups in total. The Morgan fingerprint density at radius 3 is 2.44 bits per heavy atom. The van der Waals surface area contributed by atoms with Crippen LogP contribution >= 0.6 is 0 Å². The monoisotopic (exact) mass is 207 g/mol. The smallest absolute Gasteiger partial charge is 0.0326 e. The van der Waals surface area contributed by atoms with Crippen molar-refractivity contribution in [2.45, 2.75) is 6.92 Å². The highest BCUT2D eigenvalue weighted by Crippen LogP contribution is 2.11. The number of hydrogen-bond donors (Lipinski definition) is 1. The SMILES string of the molecule is Cc1ccc(N)cc1C#Cc1ccccc1. The zero-order valence-corrected chi connectivity index (χ0v) is 9.20. The van der Waals surface area contributed by atoms with E-state index >= 15 is 0 Å². The maximum absolute atomic E-state index is 5.73. The number of rotatable bonds is 0. The molecule has 0 aromatic heterocycles. The van der Waals surface area contributed by atoms with Crippen molar-refractivity contribution < 1.29 is 0 Å². The molecule has 0 unspecified atom stereocenters. The highest BCUT2D eigenvalue weighted by Gasteiger charge is 1.94. The van der Waals surface area contributed by atoms with Gasteiger partial charge in [-0.3, -0.25) is 0 Å². The summed E-state index contributed by atoms with van der Waals surface area (Å²) in [5.74, 6) is 6.26. The minimum absolute atomic E-state index is 0.753. The summed E-state index contributed by atoms with van der Waals surface area (Å²) < 4.78 is 0. The molecule has 0 saturated heterocycles. The van der Waals surface area contributed by atoms with E-state index in [9.17, 15) is 0 Å². The first-order chi connectivity index (χ1) is 7.75. The Bertz CT molecular complexity index is 545. The van der Waals surface area contributed by atoms with Gasteiger partial charge in [-0.25, -0.2) is 0 Å². The van der Waals surface area contributed by atoms with Gasteiger partial charge >= 0.3 is 0 Å². The van der Waals surface area contributed by atoms with E-state index < -0.39 is 0 Å². The van der Waals surface area contributed by atoms with Gasteiger partial charge in [-0.1, -0.05) is 36.1 Å². The highest BCUT2D eigenvalue weighted by molar-refractivity contribution is 5.53. The second-order valence-corrected chi connectivity index (χ2v) is 3.69. The van der Waals surface area contributed by atoms with Crippen molar-refractivity contribution in [3.63, 3.8) is 0 Å². The van der Waals surface area contributed by atoms with Crippen LogP contribution in [0, 0.1) is 18.8 Å². The Balaban J connectivity index is 2.34.